The lowest BCUT2D eigenvalue weighted by Gasteiger charge is -2.15. The van der Waals surface area contributed by atoms with Gasteiger partial charge in [0, 0.05) is 24.6 Å². The fourth-order valence-corrected chi connectivity index (χ4v) is 3.83. The summed E-state index contributed by atoms with van der Waals surface area (Å²) in [5.41, 5.74) is 1.37. The molecule has 0 radical (unpaired) electrons. The Morgan fingerprint density at radius 3 is 2.25 bits per heavy atom. The van der Waals surface area contributed by atoms with E-state index in [9.17, 15) is 0 Å². The van der Waals surface area contributed by atoms with E-state index >= 15 is 0 Å². The van der Waals surface area contributed by atoms with E-state index in [1.807, 2.05) is 0 Å². The third-order valence-corrected chi connectivity index (χ3v) is 5.77. The molecule has 2 saturated heterocycles. The molecule has 4 heteroatoms. The van der Waals surface area contributed by atoms with Crippen LogP contribution in [-0.2, 0) is 6.54 Å². The number of rotatable bonds is 4. The average Bonchev–Trinajstić information content (AvgIpc) is 2.93. The number of aliphatic hydroxyl groups excluding tert-OH is 1. The van der Waals surface area contributed by atoms with Crippen molar-refractivity contribution in [3.63, 3.8) is 0 Å². The van der Waals surface area contributed by atoms with E-state index in [-0.39, 0.29) is 0 Å². The Kier molecular flexibility index (Phi) is 9.18. The monoisotopic (exact) mass is 350 g/mol. The van der Waals surface area contributed by atoms with Crippen LogP contribution in [0.4, 0.5) is 0 Å². The summed E-state index contributed by atoms with van der Waals surface area (Å²) in [4.78, 5) is 6.17. The Hall–Kier alpha value is -0.550. The van der Waals surface area contributed by atoms with Crippen molar-refractivity contribution in [2.75, 3.05) is 46.1 Å². The van der Waals surface area contributed by atoms with Crippen molar-refractivity contribution in [2.45, 2.75) is 43.5 Å². The molecule has 2 heterocycles. The number of likely N-dealkylation sites (tertiary alicyclic amines) is 2. The lowest BCUT2D eigenvalue weighted by Crippen LogP contribution is -2.20. The molecule has 0 aliphatic carbocycles. The van der Waals surface area contributed by atoms with Crippen molar-refractivity contribution in [1.29, 1.82) is 0 Å². The SMILES string of the molecule is CN1CCCCCC1.CSc1ccc(CN2CC[C@@H](CO)C2)cc1. The molecule has 0 bridgehead atoms. The van der Waals surface area contributed by atoms with E-state index in [4.69, 9.17) is 5.11 Å². The highest BCUT2D eigenvalue weighted by Crippen LogP contribution is 2.20. The van der Waals surface area contributed by atoms with Gasteiger partial charge in [-0.3, -0.25) is 4.90 Å². The summed E-state index contributed by atoms with van der Waals surface area (Å²) in [7, 11) is 2.21. The van der Waals surface area contributed by atoms with E-state index in [1.165, 1.54) is 49.2 Å². The van der Waals surface area contributed by atoms with Gasteiger partial charge in [0.05, 0.1) is 0 Å². The molecular formula is C20H34N2OS. The molecule has 0 amide bonds. The Morgan fingerprint density at radius 2 is 1.71 bits per heavy atom. The van der Waals surface area contributed by atoms with Crippen LogP contribution in [0.2, 0.25) is 0 Å². The molecule has 1 aromatic rings. The normalized spacial score (nSPS) is 22.7. The molecule has 1 N–H and O–H groups in total. The first-order valence-corrected chi connectivity index (χ1v) is 10.6. The minimum absolute atomic E-state index is 0.335. The standard InChI is InChI=1S/C13H19NOS.C7H15N/c1-16-13-4-2-11(3-5-13)8-14-7-6-12(9-14)10-15;1-8-6-4-2-3-5-7-8/h2-5,12,15H,6-10H2,1H3;2-7H2,1H3/t12-;/m1./s1. The predicted octanol–water partition coefficient (Wildman–Crippen LogP) is 3.71. The summed E-state index contributed by atoms with van der Waals surface area (Å²) in [6.07, 6.45) is 8.96. The van der Waals surface area contributed by atoms with Gasteiger partial charge in [0.1, 0.15) is 0 Å². The van der Waals surface area contributed by atoms with E-state index in [1.54, 1.807) is 11.8 Å². The smallest absolute Gasteiger partial charge is 0.0471 e. The second-order valence-electron chi connectivity index (χ2n) is 7.14. The Balaban J connectivity index is 0.000000219. The van der Waals surface area contributed by atoms with Gasteiger partial charge in [-0.1, -0.05) is 25.0 Å². The molecule has 3 nitrogen and oxygen atoms in total. The van der Waals surface area contributed by atoms with Crippen LogP contribution in [0.3, 0.4) is 0 Å². The molecule has 24 heavy (non-hydrogen) atoms. The molecule has 3 rings (SSSR count). The van der Waals surface area contributed by atoms with E-state index in [0.29, 0.717) is 12.5 Å². The van der Waals surface area contributed by atoms with Crippen molar-refractivity contribution in [2.24, 2.45) is 5.92 Å². The first-order chi connectivity index (χ1) is 11.7. The summed E-state index contributed by atoms with van der Waals surface area (Å²) in [5.74, 6) is 0.491. The largest absolute Gasteiger partial charge is 0.396 e. The van der Waals surface area contributed by atoms with Crippen LogP contribution < -0.4 is 0 Å². The Labute approximate surface area is 152 Å². The van der Waals surface area contributed by atoms with Crippen molar-refractivity contribution in [1.82, 2.24) is 9.80 Å². The first-order valence-electron chi connectivity index (χ1n) is 9.36. The zero-order valence-corrected chi connectivity index (χ0v) is 16.2. The second kappa shape index (κ2) is 11.1. The van der Waals surface area contributed by atoms with Crippen molar-refractivity contribution in [3.05, 3.63) is 29.8 Å². The molecule has 0 saturated carbocycles. The van der Waals surface area contributed by atoms with Crippen LogP contribution in [-0.4, -0.2) is 61.0 Å². The predicted molar refractivity (Wildman–Crippen MR) is 105 cm³/mol. The van der Waals surface area contributed by atoms with E-state index in [2.05, 4.69) is 47.4 Å². The third kappa shape index (κ3) is 7.14. The first kappa shape index (κ1) is 19.8. The second-order valence-corrected chi connectivity index (χ2v) is 8.02. The van der Waals surface area contributed by atoms with Gasteiger partial charge in [0.2, 0.25) is 0 Å². The van der Waals surface area contributed by atoms with Gasteiger partial charge in [-0.15, -0.1) is 11.8 Å². The van der Waals surface area contributed by atoms with Gasteiger partial charge in [-0.25, -0.2) is 0 Å². The van der Waals surface area contributed by atoms with Gasteiger partial charge < -0.3 is 10.0 Å². The number of nitrogens with zero attached hydrogens (tertiary/aromatic N) is 2. The maximum atomic E-state index is 9.09. The minimum atomic E-state index is 0.335. The maximum Gasteiger partial charge on any atom is 0.0471 e. The number of aliphatic hydroxyl groups is 1. The third-order valence-electron chi connectivity index (χ3n) is 5.02. The van der Waals surface area contributed by atoms with Crippen LogP contribution in [0.1, 0.15) is 37.7 Å². The fraction of sp³-hybridized carbons (Fsp3) is 0.700. The quantitative estimate of drug-likeness (QED) is 0.838. The van der Waals surface area contributed by atoms with Crippen LogP contribution in [0, 0.1) is 5.92 Å². The zero-order chi connectivity index (χ0) is 17.2. The van der Waals surface area contributed by atoms with Gasteiger partial charge in [0.25, 0.3) is 0 Å². The number of hydrogen-bond donors (Lipinski definition) is 1. The molecule has 0 spiro atoms. The zero-order valence-electron chi connectivity index (χ0n) is 15.4. The molecule has 1 aromatic carbocycles. The fourth-order valence-electron chi connectivity index (χ4n) is 3.42. The average molecular weight is 351 g/mol. The minimum Gasteiger partial charge on any atom is -0.396 e. The lowest BCUT2D eigenvalue weighted by atomic mass is 10.1. The Bertz CT molecular complexity index is 443. The number of thioether (sulfide) groups is 1. The lowest BCUT2D eigenvalue weighted by molar-refractivity contribution is 0.220. The molecule has 1 atom stereocenters. The van der Waals surface area contributed by atoms with Gasteiger partial charge in [-0.05, 0) is 75.8 Å². The molecule has 136 valence electrons. The number of benzene rings is 1. The van der Waals surface area contributed by atoms with E-state index < -0.39 is 0 Å². The highest BCUT2D eigenvalue weighted by atomic mass is 32.2. The summed E-state index contributed by atoms with van der Waals surface area (Å²) in [5, 5.41) is 9.09. The van der Waals surface area contributed by atoms with Crippen molar-refractivity contribution in [3.8, 4) is 0 Å². The molecular weight excluding hydrogens is 316 g/mol. The van der Waals surface area contributed by atoms with Gasteiger partial charge in [0.15, 0.2) is 0 Å². The van der Waals surface area contributed by atoms with Crippen LogP contribution >= 0.6 is 11.8 Å². The Morgan fingerprint density at radius 1 is 1.04 bits per heavy atom. The van der Waals surface area contributed by atoms with Crippen molar-refractivity contribution < 1.29 is 5.11 Å². The van der Waals surface area contributed by atoms with Gasteiger partial charge in [-0.2, -0.15) is 0 Å². The van der Waals surface area contributed by atoms with E-state index in [0.717, 1.165) is 26.1 Å². The molecule has 0 unspecified atom stereocenters. The summed E-state index contributed by atoms with van der Waals surface area (Å²) in [6.45, 7) is 6.16. The maximum absolute atomic E-state index is 9.09. The summed E-state index contributed by atoms with van der Waals surface area (Å²) >= 11 is 1.78. The summed E-state index contributed by atoms with van der Waals surface area (Å²) in [6, 6.07) is 8.77. The van der Waals surface area contributed by atoms with Gasteiger partial charge >= 0.3 is 0 Å². The van der Waals surface area contributed by atoms with Crippen molar-refractivity contribution >= 4 is 11.8 Å². The highest BCUT2D eigenvalue weighted by molar-refractivity contribution is 7.98. The number of hydrogen-bond acceptors (Lipinski definition) is 4. The van der Waals surface area contributed by atoms with Crippen LogP contribution in [0.15, 0.2) is 29.2 Å². The molecule has 2 aliphatic rings. The molecule has 0 aromatic heterocycles. The topological polar surface area (TPSA) is 26.7 Å². The van der Waals surface area contributed by atoms with Crippen LogP contribution in [0.25, 0.3) is 0 Å². The van der Waals surface area contributed by atoms with Crippen LogP contribution in [0.5, 0.6) is 0 Å². The molecule has 2 fully saturated rings. The molecule has 2 aliphatic heterocycles. The summed E-state index contributed by atoms with van der Waals surface area (Å²) < 4.78 is 0. The highest BCUT2D eigenvalue weighted by Gasteiger charge is 2.21.